The number of nitrogens with zero attached hydrogens (tertiary/aromatic N) is 3. The first-order valence-corrected chi connectivity index (χ1v) is 7.65. The van der Waals surface area contributed by atoms with Crippen molar-refractivity contribution < 1.29 is 4.79 Å². The Morgan fingerprint density at radius 2 is 1.75 bits per heavy atom. The Labute approximate surface area is 119 Å². The zero-order valence-electron chi connectivity index (χ0n) is 11.8. The van der Waals surface area contributed by atoms with Crippen molar-refractivity contribution in [1.82, 2.24) is 15.3 Å². The maximum atomic E-state index is 12.2. The number of amides is 1. The molecule has 1 amide bonds. The lowest BCUT2D eigenvalue weighted by Crippen LogP contribution is -2.43. The monoisotopic (exact) mass is 274 g/mol. The van der Waals surface area contributed by atoms with E-state index in [0.29, 0.717) is 6.04 Å². The van der Waals surface area contributed by atoms with Crippen LogP contribution in [0.5, 0.6) is 0 Å². The van der Waals surface area contributed by atoms with Crippen LogP contribution in [0.3, 0.4) is 0 Å². The number of piperidine rings is 1. The van der Waals surface area contributed by atoms with Crippen molar-refractivity contribution in [2.45, 2.75) is 44.6 Å². The maximum Gasteiger partial charge on any atom is 0.225 e. The molecule has 0 radical (unpaired) electrons. The molecule has 0 unspecified atom stereocenters. The fourth-order valence-corrected chi connectivity index (χ4v) is 3.19. The second kappa shape index (κ2) is 6.20. The molecule has 2 fully saturated rings. The number of hydrogen-bond acceptors (Lipinski definition) is 4. The van der Waals surface area contributed by atoms with E-state index in [-0.39, 0.29) is 11.8 Å². The number of carbonyl (C=O) groups is 1. The zero-order valence-corrected chi connectivity index (χ0v) is 11.8. The van der Waals surface area contributed by atoms with E-state index < -0.39 is 0 Å². The third-order valence-corrected chi connectivity index (χ3v) is 4.40. The van der Waals surface area contributed by atoms with E-state index in [4.69, 9.17) is 0 Å². The van der Waals surface area contributed by atoms with Crippen LogP contribution in [0, 0.1) is 5.92 Å². The largest absolute Gasteiger partial charge is 0.353 e. The van der Waals surface area contributed by atoms with Crippen LogP contribution in [0.25, 0.3) is 0 Å². The summed E-state index contributed by atoms with van der Waals surface area (Å²) >= 11 is 0. The van der Waals surface area contributed by atoms with Gasteiger partial charge in [0, 0.05) is 37.4 Å². The van der Waals surface area contributed by atoms with E-state index in [1.807, 2.05) is 6.07 Å². The number of hydrogen-bond donors (Lipinski definition) is 1. The fourth-order valence-electron chi connectivity index (χ4n) is 3.19. The van der Waals surface area contributed by atoms with Gasteiger partial charge in [0.1, 0.15) is 0 Å². The smallest absolute Gasteiger partial charge is 0.225 e. The van der Waals surface area contributed by atoms with Gasteiger partial charge in [0.15, 0.2) is 0 Å². The van der Waals surface area contributed by atoms with Gasteiger partial charge < -0.3 is 10.2 Å². The molecular weight excluding hydrogens is 252 g/mol. The quantitative estimate of drug-likeness (QED) is 0.912. The van der Waals surface area contributed by atoms with Gasteiger partial charge in [-0.05, 0) is 31.7 Å². The highest BCUT2D eigenvalue weighted by Crippen LogP contribution is 2.22. The number of carbonyl (C=O) groups excluding carboxylic acids is 1. The predicted octanol–water partition coefficient (Wildman–Crippen LogP) is 1.75. The molecule has 2 aliphatic rings. The van der Waals surface area contributed by atoms with Crippen LogP contribution in [0.1, 0.15) is 38.5 Å². The lowest BCUT2D eigenvalue weighted by molar-refractivity contribution is -0.126. The molecule has 5 nitrogen and oxygen atoms in total. The molecular formula is C15H22N4O. The van der Waals surface area contributed by atoms with Crippen LogP contribution in [-0.2, 0) is 4.79 Å². The minimum atomic E-state index is 0.163. The van der Waals surface area contributed by atoms with Crippen LogP contribution < -0.4 is 10.2 Å². The first-order valence-electron chi connectivity index (χ1n) is 7.65. The molecule has 20 heavy (non-hydrogen) atoms. The molecule has 108 valence electrons. The van der Waals surface area contributed by atoms with Gasteiger partial charge in [-0.1, -0.05) is 12.8 Å². The van der Waals surface area contributed by atoms with Crippen LogP contribution in [0.2, 0.25) is 0 Å². The first-order chi connectivity index (χ1) is 9.83. The molecule has 0 atom stereocenters. The molecule has 5 heteroatoms. The molecule has 1 saturated carbocycles. The minimum absolute atomic E-state index is 0.163. The van der Waals surface area contributed by atoms with E-state index >= 15 is 0 Å². The van der Waals surface area contributed by atoms with Crippen LogP contribution in [0.15, 0.2) is 18.5 Å². The van der Waals surface area contributed by atoms with E-state index in [1.165, 1.54) is 12.8 Å². The predicted molar refractivity (Wildman–Crippen MR) is 77.4 cm³/mol. The Kier molecular flexibility index (Phi) is 4.14. The van der Waals surface area contributed by atoms with Gasteiger partial charge in [0.25, 0.3) is 0 Å². The second-order valence-electron chi connectivity index (χ2n) is 5.80. The number of nitrogens with one attached hydrogen (secondary N) is 1. The maximum absolute atomic E-state index is 12.2. The Morgan fingerprint density at radius 1 is 1.10 bits per heavy atom. The summed E-state index contributed by atoms with van der Waals surface area (Å²) in [4.78, 5) is 22.9. The lowest BCUT2D eigenvalue weighted by Gasteiger charge is -2.31. The summed E-state index contributed by atoms with van der Waals surface area (Å²) in [6, 6.07) is 2.25. The molecule has 2 heterocycles. The first kappa shape index (κ1) is 13.3. The van der Waals surface area contributed by atoms with Crippen molar-refractivity contribution in [2.24, 2.45) is 5.92 Å². The molecule has 0 bridgehead atoms. The molecule has 1 aromatic heterocycles. The van der Waals surface area contributed by atoms with Gasteiger partial charge in [-0.2, -0.15) is 0 Å². The summed E-state index contributed by atoms with van der Waals surface area (Å²) < 4.78 is 0. The van der Waals surface area contributed by atoms with Gasteiger partial charge in [0.2, 0.25) is 11.9 Å². The van der Waals surface area contributed by atoms with Gasteiger partial charge in [-0.3, -0.25) is 4.79 Å². The lowest BCUT2D eigenvalue weighted by atomic mass is 9.95. The molecule has 0 spiro atoms. The second-order valence-corrected chi connectivity index (χ2v) is 5.80. The fraction of sp³-hybridized carbons (Fsp3) is 0.667. The van der Waals surface area contributed by atoms with Crippen molar-refractivity contribution >= 4 is 11.9 Å². The molecule has 1 saturated heterocycles. The SMILES string of the molecule is O=C(NC1CCCC1)C1CCN(c2ncccn2)CC1. The van der Waals surface area contributed by atoms with Gasteiger partial charge in [-0.25, -0.2) is 9.97 Å². The summed E-state index contributed by atoms with van der Waals surface area (Å²) in [6.07, 6.45) is 10.2. The summed E-state index contributed by atoms with van der Waals surface area (Å²) in [5, 5.41) is 3.21. The number of anilines is 1. The Morgan fingerprint density at radius 3 is 2.40 bits per heavy atom. The van der Waals surface area contributed by atoms with Crippen LogP contribution >= 0.6 is 0 Å². The normalized spacial score (nSPS) is 21.1. The molecule has 3 rings (SSSR count). The average Bonchev–Trinajstić information content (AvgIpc) is 3.01. The van der Waals surface area contributed by atoms with Crippen LogP contribution in [0.4, 0.5) is 5.95 Å². The van der Waals surface area contributed by atoms with Crippen molar-refractivity contribution in [3.8, 4) is 0 Å². The summed E-state index contributed by atoms with van der Waals surface area (Å²) in [5.74, 6) is 1.20. The molecule has 1 aliphatic heterocycles. The Bertz CT molecular complexity index is 436. The van der Waals surface area contributed by atoms with Gasteiger partial charge in [0.05, 0.1) is 0 Å². The highest BCUT2D eigenvalue weighted by atomic mass is 16.1. The number of aromatic nitrogens is 2. The molecule has 0 aromatic carbocycles. The van der Waals surface area contributed by atoms with Gasteiger partial charge >= 0.3 is 0 Å². The minimum Gasteiger partial charge on any atom is -0.353 e. The van der Waals surface area contributed by atoms with Gasteiger partial charge in [-0.15, -0.1) is 0 Å². The van der Waals surface area contributed by atoms with Crippen molar-refractivity contribution in [2.75, 3.05) is 18.0 Å². The topological polar surface area (TPSA) is 58.1 Å². The highest BCUT2D eigenvalue weighted by Gasteiger charge is 2.28. The summed E-state index contributed by atoms with van der Waals surface area (Å²) in [7, 11) is 0. The highest BCUT2D eigenvalue weighted by molar-refractivity contribution is 5.79. The summed E-state index contributed by atoms with van der Waals surface area (Å²) in [6.45, 7) is 1.74. The van der Waals surface area contributed by atoms with E-state index in [1.54, 1.807) is 12.4 Å². The Balaban J connectivity index is 1.49. The average molecular weight is 274 g/mol. The standard InChI is InChI=1S/C15H22N4O/c20-14(18-13-4-1-2-5-13)12-6-10-19(11-7-12)15-16-8-3-9-17-15/h3,8-9,12-13H,1-2,4-7,10-11H2,(H,18,20). The third-order valence-electron chi connectivity index (χ3n) is 4.40. The van der Waals surface area contributed by atoms with E-state index in [9.17, 15) is 4.79 Å². The van der Waals surface area contributed by atoms with Crippen molar-refractivity contribution in [3.63, 3.8) is 0 Å². The van der Waals surface area contributed by atoms with Crippen LogP contribution in [-0.4, -0.2) is 35.0 Å². The summed E-state index contributed by atoms with van der Waals surface area (Å²) in [5.41, 5.74) is 0. The zero-order chi connectivity index (χ0) is 13.8. The third kappa shape index (κ3) is 3.08. The molecule has 1 aliphatic carbocycles. The van der Waals surface area contributed by atoms with E-state index in [2.05, 4.69) is 20.2 Å². The molecule has 1 aromatic rings. The van der Waals surface area contributed by atoms with Crippen molar-refractivity contribution in [1.29, 1.82) is 0 Å². The Hall–Kier alpha value is -1.65. The molecule has 1 N–H and O–H groups in total. The van der Waals surface area contributed by atoms with E-state index in [0.717, 1.165) is 44.7 Å². The van der Waals surface area contributed by atoms with Crippen molar-refractivity contribution in [3.05, 3.63) is 18.5 Å². The number of rotatable bonds is 3.